The van der Waals surface area contributed by atoms with Crippen molar-refractivity contribution in [1.82, 2.24) is 0 Å². The van der Waals surface area contributed by atoms with E-state index in [1.165, 1.54) is 20.3 Å². The minimum atomic E-state index is -0.482. The summed E-state index contributed by atoms with van der Waals surface area (Å²) in [6.45, 7) is 0. The fraction of sp³-hybridized carbons (Fsp3) is 0.133. The maximum atomic E-state index is 11.5. The average Bonchev–Trinajstić information content (AvgIpc) is 2.47. The first-order chi connectivity index (χ1) is 9.56. The van der Waals surface area contributed by atoms with Crippen LogP contribution in [-0.2, 0) is 4.74 Å². The lowest BCUT2D eigenvalue weighted by atomic mass is 10.0. The van der Waals surface area contributed by atoms with Gasteiger partial charge in [0.2, 0.25) is 0 Å². The molecule has 0 unspecified atom stereocenters. The number of ether oxygens (including phenoxy) is 2. The highest BCUT2D eigenvalue weighted by Gasteiger charge is 2.12. The van der Waals surface area contributed by atoms with Gasteiger partial charge in [-0.1, -0.05) is 23.7 Å². The molecule has 0 atom stereocenters. The summed E-state index contributed by atoms with van der Waals surface area (Å²) in [5.74, 6) is -0.0472. The molecule has 0 fully saturated rings. The molecule has 0 saturated carbocycles. The number of esters is 1. The Hall–Kier alpha value is -2.20. The summed E-state index contributed by atoms with van der Waals surface area (Å²) in [6.07, 6.45) is 0. The van der Waals surface area contributed by atoms with Gasteiger partial charge in [0.15, 0.2) is 11.5 Å². The van der Waals surface area contributed by atoms with Crippen LogP contribution in [0.1, 0.15) is 10.4 Å². The van der Waals surface area contributed by atoms with Gasteiger partial charge in [-0.15, -0.1) is 0 Å². The second kappa shape index (κ2) is 5.84. The van der Waals surface area contributed by atoms with Gasteiger partial charge in [-0.05, 0) is 35.4 Å². The molecule has 2 aromatic rings. The lowest BCUT2D eigenvalue weighted by molar-refractivity contribution is 0.0601. The molecule has 0 aliphatic carbocycles. The highest BCUT2D eigenvalue weighted by Crippen LogP contribution is 2.33. The maximum Gasteiger partial charge on any atom is 0.339 e. The monoisotopic (exact) mass is 292 g/mol. The summed E-state index contributed by atoms with van der Waals surface area (Å²) in [4.78, 5) is 11.5. The van der Waals surface area contributed by atoms with Crippen molar-refractivity contribution in [3.8, 4) is 22.6 Å². The summed E-state index contributed by atoms with van der Waals surface area (Å²) in [7, 11) is 2.78. The fourth-order valence-electron chi connectivity index (χ4n) is 1.83. The van der Waals surface area contributed by atoms with E-state index in [0.717, 1.165) is 11.1 Å². The second-order valence-corrected chi connectivity index (χ2v) is 4.48. The van der Waals surface area contributed by atoms with Crippen molar-refractivity contribution in [1.29, 1.82) is 0 Å². The zero-order chi connectivity index (χ0) is 14.7. The van der Waals surface area contributed by atoms with Crippen molar-refractivity contribution in [3.05, 3.63) is 47.0 Å². The Balaban J connectivity index is 2.44. The van der Waals surface area contributed by atoms with Crippen LogP contribution in [0.3, 0.4) is 0 Å². The summed E-state index contributed by atoms with van der Waals surface area (Å²) >= 11 is 6.08. The molecule has 4 nitrogen and oxygen atoms in total. The van der Waals surface area contributed by atoms with Crippen LogP contribution >= 0.6 is 11.6 Å². The van der Waals surface area contributed by atoms with Crippen molar-refractivity contribution in [2.24, 2.45) is 0 Å². The topological polar surface area (TPSA) is 55.8 Å². The molecule has 2 rings (SSSR count). The zero-order valence-electron chi connectivity index (χ0n) is 11.0. The van der Waals surface area contributed by atoms with Crippen LogP contribution in [-0.4, -0.2) is 25.3 Å². The third-order valence-corrected chi connectivity index (χ3v) is 3.20. The molecule has 0 bridgehead atoms. The molecular formula is C15H13ClO4. The number of carbonyl (C=O) groups excluding carboxylic acids is 1. The number of rotatable bonds is 3. The number of hydrogen-bond donors (Lipinski definition) is 1. The third-order valence-electron chi connectivity index (χ3n) is 2.89. The Morgan fingerprint density at radius 2 is 1.75 bits per heavy atom. The van der Waals surface area contributed by atoms with Gasteiger partial charge >= 0.3 is 5.97 Å². The number of halogens is 1. The molecule has 1 N–H and O–H groups in total. The first-order valence-electron chi connectivity index (χ1n) is 5.82. The van der Waals surface area contributed by atoms with Crippen molar-refractivity contribution in [2.75, 3.05) is 14.2 Å². The number of methoxy groups -OCH3 is 2. The van der Waals surface area contributed by atoms with Gasteiger partial charge in [0.25, 0.3) is 0 Å². The number of phenols is 1. The van der Waals surface area contributed by atoms with Gasteiger partial charge in [-0.2, -0.15) is 0 Å². The van der Waals surface area contributed by atoms with Crippen LogP contribution in [0.15, 0.2) is 36.4 Å². The van der Waals surface area contributed by atoms with Crippen LogP contribution < -0.4 is 4.74 Å². The minimum absolute atomic E-state index is 0.0635. The van der Waals surface area contributed by atoms with E-state index >= 15 is 0 Å². The SMILES string of the molecule is COC(=O)c1ccc(-c2ccc(O)c(OC)c2)cc1Cl. The van der Waals surface area contributed by atoms with Crippen molar-refractivity contribution in [3.63, 3.8) is 0 Å². The molecule has 0 saturated heterocycles. The molecule has 0 heterocycles. The second-order valence-electron chi connectivity index (χ2n) is 4.07. The zero-order valence-corrected chi connectivity index (χ0v) is 11.8. The smallest absolute Gasteiger partial charge is 0.339 e. The first kappa shape index (κ1) is 14.2. The van der Waals surface area contributed by atoms with Crippen LogP contribution in [0.2, 0.25) is 5.02 Å². The highest BCUT2D eigenvalue weighted by molar-refractivity contribution is 6.33. The molecule has 0 aromatic heterocycles. The normalized spacial score (nSPS) is 10.2. The molecule has 0 aliphatic heterocycles. The van der Waals surface area contributed by atoms with E-state index in [1.807, 2.05) is 0 Å². The van der Waals surface area contributed by atoms with Gasteiger partial charge in [0, 0.05) is 0 Å². The summed E-state index contributed by atoms with van der Waals surface area (Å²) in [6, 6.07) is 9.99. The van der Waals surface area contributed by atoms with Crippen LogP contribution in [0, 0.1) is 0 Å². The fourth-order valence-corrected chi connectivity index (χ4v) is 2.09. The first-order valence-corrected chi connectivity index (χ1v) is 6.20. The molecule has 0 amide bonds. The largest absolute Gasteiger partial charge is 0.504 e. The standard InChI is InChI=1S/C15H13ClO4/c1-19-14-8-10(4-6-13(14)17)9-3-5-11(12(16)7-9)15(18)20-2/h3-8,17H,1-2H3. The molecule has 0 spiro atoms. The Labute approximate surface area is 121 Å². The summed E-state index contributed by atoms with van der Waals surface area (Å²) in [5, 5.41) is 9.88. The van der Waals surface area contributed by atoms with E-state index in [0.29, 0.717) is 16.3 Å². The predicted molar refractivity (Wildman–Crippen MR) is 76.4 cm³/mol. The van der Waals surface area contributed by atoms with Crippen molar-refractivity contribution < 1.29 is 19.4 Å². The number of hydrogen-bond acceptors (Lipinski definition) is 4. The quantitative estimate of drug-likeness (QED) is 0.880. The third kappa shape index (κ3) is 2.70. The number of phenolic OH excluding ortho intramolecular Hbond substituents is 1. The number of carbonyl (C=O) groups is 1. The molecule has 20 heavy (non-hydrogen) atoms. The van der Waals surface area contributed by atoms with Gasteiger partial charge < -0.3 is 14.6 Å². The lowest BCUT2D eigenvalue weighted by Gasteiger charge is -2.08. The van der Waals surface area contributed by atoms with Gasteiger partial charge in [0.05, 0.1) is 24.8 Å². The van der Waals surface area contributed by atoms with Crippen LogP contribution in [0.25, 0.3) is 11.1 Å². The van der Waals surface area contributed by atoms with Crippen LogP contribution in [0.4, 0.5) is 0 Å². The van der Waals surface area contributed by atoms with E-state index in [9.17, 15) is 9.90 Å². The molecular weight excluding hydrogens is 280 g/mol. The Bertz CT molecular complexity index is 652. The highest BCUT2D eigenvalue weighted by atomic mass is 35.5. The van der Waals surface area contributed by atoms with E-state index in [1.54, 1.807) is 30.3 Å². The number of benzene rings is 2. The Morgan fingerprint density at radius 3 is 2.35 bits per heavy atom. The van der Waals surface area contributed by atoms with E-state index < -0.39 is 5.97 Å². The van der Waals surface area contributed by atoms with Crippen molar-refractivity contribution in [2.45, 2.75) is 0 Å². The van der Waals surface area contributed by atoms with Gasteiger partial charge in [-0.25, -0.2) is 4.79 Å². The molecule has 0 radical (unpaired) electrons. The molecule has 0 aliphatic rings. The van der Waals surface area contributed by atoms with E-state index in [-0.39, 0.29) is 5.75 Å². The molecule has 104 valence electrons. The number of aromatic hydroxyl groups is 1. The minimum Gasteiger partial charge on any atom is -0.504 e. The van der Waals surface area contributed by atoms with Gasteiger partial charge in [-0.3, -0.25) is 0 Å². The van der Waals surface area contributed by atoms with Crippen molar-refractivity contribution >= 4 is 17.6 Å². The maximum absolute atomic E-state index is 11.5. The lowest BCUT2D eigenvalue weighted by Crippen LogP contribution is -2.01. The van der Waals surface area contributed by atoms with Gasteiger partial charge in [0.1, 0.15) is 0 Å². The average molecular weight is 293 g/mol. The molecule has 2 aromatic carbocycles. The predicted octanol–water partition coefficient (Wildman–Crippen LogP) is 3.51. The van der Waals surface area contributed by atoms with E-state index in [2.05, 4.69) is 4.74 Å². The Morgan fingerprint density at radius 1 is 1.10 bits per heavy atom. The molecule has 5 heteroatoms. The van der Waals surface area contributed by atoms with Crippen LogP contribution in [0.5, 0.6) is 11.5 Å². The van der Waals surface area contributed by atoms with E-state index in [4.69, 9.17) is 16.3 Å². The summed E-state index contributed by atoms with van der Waals surface area (Å²) < 4.78 is 9.70. The summed E-state index contributed by atoms with van der Waals surface area (Å²) in [5.41, 5.74) is 1.93. The Kier molecular flexibility index (Phi) is 4.15.